The summed E-state index contributed by atoms with van der Waals surface area (Å²) < 4.78 is 2.31. The van der Waals surface area contributed by atoms with E-state index in [4.69, 9.17) is 20.1 Å². The lowest BCUT2D eigenvalue weighted by molar-refractivity contribution is -0.135. The molecular formula is C30H27N5O3. The summed E-state index contributed by atoms with van der Waals surface area (Å²) in [6.07, 6.45) is 7.53. The van der Waals surface area contributed by atoms with Crippen LogP contribution in [0, 0.1) is 0 Å². The molecule has 1 saturated carbocycles. The molecule has 8 nitrogen and oxygen atoms in total. The first-order valence-electron chi connectivity index (χ1n) is 12.9. The third-order valence-electron chi connectivity index (χ3n) is 7.16. The van der Waals surface area contributed by atoms with Gasteiger partial charge in [0.15, 0.2) is 0 Å². The van der Waals surface area contributed by atoms with E-state index in [0.717, 1.165) is 52.0 Å². The summed E-state index contributed by atoms with van der Waals surface area (Å²) in [5, 5.41) is 11.3. The zero-order valence-electron chi connectivity index (χ0n) is 20.8. The summed E-state index contributed by atoms with van der Waals surface area (Å²) in [6.45, 7) is -0.428. The van der Waals surface area contributed by atoms with Crippen LogP contribution in [-0.4, -0.2) is 43.0 Å². The van der Waals surface area contributed by atoms with Gasteiger partial charge in [-0.3, -0.25) is 14.6 Å². The van der Waals surface area contributed by atoms with Crippen molar-refractivity contribution in [1.29, 1.82) is 0 Å². The Hall–Kier alpha value is -4.59. The molecule has 8 heteroatoms. The van der Waals surface area contributed by atoms with Crippen LogP contribution in [0.1, 0.15) is 48.5 Å². The average molecular weight is 506 g/mol. The van der Waals surface area contributed by atoms with Crippen molar-refractivity contribution < 1.29 is 14.7 Å². The highest BCUT2D eigenvalue weighted by molar-refractivity contribution is 5.99. The van der Waals surface area contributed by atoms with E-state index in [1.54, 1.807) is 18.3 Å². The number of imidazole rings is 1. The number of aromatic nitrogens is 4. The largest absolute Gasteiger partial charge is 0.480 e. The van der Waals surface area contributed by atoms with E-state index in [2.05, 4.69) is 9.88 Å². The Bertz CT molecular complexity index is 1660. The molecule has 1 fully saturated rings. The van der Waals surface area contributed by atoms with Crippen molar-refractivity contribution in [2.24, 2.45) is 0 Å². The normalized spacial score (nSPS) is 14.1. The molecule has 3 aromatic carbocycles. The summed E-state index contributed by atoms with van der Waals surface area (Å²) >= 11 is 0. The molecule has 2 aromatic heterocycles. The van der Waals surface area contributed by atoms with Crippen molar-refractivity contribution in [2.75, 3.05) is 6.54 Å². The molecular weight excluding hydrogens is 478 g/mol. The fourth-order valence-electron chi connectivity index (χ4n) is 5.31. The molecule has 0 bridgehead atoms. The monoisotopic (exact) mass is 505 g/mol. The van der Waals surface area contributed by atoms with Crippen LogP contribution in [0.4, 0.5) is 0 Å². The quantitative estimate of drug-likeness (QED) is 0.309. The maximum Gasteiger partial charge on any atom is 0.322 e. The van der Waals surface area contributed by atoms with E-state index < -0.39 is 18.4 Å². The predicted molar refractivity (Wildman–Crippen MR) is 146 cm³/mol. The van der Waals surface area contributed by atoms with Gasteiger partial charge in [0.25, 0.3) is 5.91 Å². The van der Waals surface area contributed by atoms with Crippen molar-refractivity contribution in [1.82, 2.24) is 24.8 Å². The number of carbonyl (C=O) groups excluding carboxylic acids is 1. The zero-order chi connectivity index (χ0) is 26.1. The molecule has 0 saturated heterocycles. The van der Waals surface area contributed by atoms with Gasteiger partial charge in [-0.1, -0.05) is 49.6 Å². The Morgan fingerprint density at radius 1 is 0.868 bits per heavy atom. The summed E-state index contributed by atoms with van der Waals surface area (Å²) in [7, 11) is 0. The summed E-state index contributed by atoms with van der Waals surface area (Å²) in [5.74, 6) is -0.678. The van der Waals surface area contributed by atoms with E-state index in [0.29, 0.717) is 17.1 Å². The van der Waals surface area contributed by atoms with Gasteiger partial charge in [-0.05, 0) is 49.2 Å². The number of rotatable bonds is 6. The van der Waals surface area contributed by atoms with Crippen molar-refractivity contribution in [3.05, 3.63) is 78.5 Å². The van der Waals surface area contributed by atoms with Crippen LogP contribution in [0.15, 0.2) is 72.9 Å². The second-order valence-electron chi connectivity index (χ2n) is 9.70. The van der Waals surface area contributed by atoms with Crippen LogP contribution >= 0.6 is 0 Å². The molecule has 2 N–H and O–H groups in total. The van der Waals surface area contributed by atoms with Gasteiger partial charge in [-0.25, -0.2) is 9.97 Å². The number of benzene rings is 3. The minimum Gasteiger partial charge on any atom is -0.480 e. The van der Waals surface area contributed by atoms with E-state index in [1.165, 1.54) is 19.3 Å². The molecule has 0 atom stereocenters. The number of carbonyl (C=O) groups is 2. The molecule has 190 valence electrons. The molecule has 0 radical (unpaired) electrons. The molecule has 1 aliphatic carbocycles. The van der Waals surface area contributed by atoms with E-state index in [-0.39, 0.29) is 0 Å². The third-order valence-corrected chi connectivity index (χ3v) is 7.16. The highest BCUT2D eigenvalue weighted by Crippen LogP contribution is 2.36. The standard InChI is InChI=1S/C30H27N5O3/c36-28(37)18-32-30(38)21-12-14-27-25(16-21)34-29(35(27)22-9-5-2-6-10-22)20-11-13-23-24(15-20)31-17-26(33-23)19-7-3-1-4-8-19/h1,3-4,7-8,11-17,22H,2,5-6,9-10,18H2,(H,32,38)(H,36,37). The van der Waals surface area contributed by atoms with E-state index in [1.807, 2.05) is 54.6 Å². The smallest absolute Gasteiger partial charge is 0.322 e. The van der Waals surface area contributed by atoms with Gasteiger partial charge in [0.05, 0.1) is 34.0 Å². The SMILES string of the molecule is O=C(O)CNC(=O)c1ccc2c(c1)nc(-c1ccc3nc(-c4ccccc4)cnc3c1)n2C1CCCCC1. The average Bonchev–Trinajstić information content (AvgIpc) is 3.35. The van der Waals surface area contributed by atoms with Gasteiger partial charge >= 0.3 is 5.97 Å². The topological polar surface area (TPSA) is 110 Å². The highest BCUT2D eigenvalue weighted by atomic mass is 16.4. The Morgan fingerprint density at radius 3 is 2.47 bits per heavy atom. The number of aliphatic carboxylic acids is 1. The van der Waals surface area contributed by atoms with Crippen molar-refractivity contribution in [3.63, 3.8) is 0 Å². The minimum atomic E-state index is -1.08. The lowest BCUT2D eigenvalue weighted by Gasteiger charge is -2.25. The number of hydrogen-bond donors (Lipinski definition) is 2. The van der Waals surface area contributed by atoms with Gasteiger partial charge in [-0.15, -0.1) is 0 Å². The molecule has 38 heavy (non-hydrogen) atoms. The summed E-state index contributed by atoms with van der Waals surface area (Å²) in [4.78, 5) is 37.9. The van der Waals surface area contributed by atoms with Crippen LogP contribution in [0.2, 0.25) is 0 Å². The van der Waals surface area contributed by atoms with Gasteiger partial charge in [-0.2, -0.15) is 0 Å². The molecule has 0 aliphatic heterocycles. The number of carboxylic acid groups (broad SMARTS) is 1. The second kappa shape index (κ2) is 10.0. The van der Waals surface area contributed by atoms with Crippen LogP contribution in [0.3, 0.4) is 0 Å². The molecule has 1 aliphatic rings. The molecule has 0 unspecified atom stereocenters. The highest BCUT2D eigenvalue weighted by Gasteiger charge is 2.23. The van der Waals surface area contributed by atoms with Gasteiger partial charge in [0, 0.05) is 22.7 Å². The molecule has 1 amide bonds. The van der Waals surface area contributed by atoms with E-state index in [9.17, 15) is 9.59 Å². The first-order chi connectivity index (χ1) is 18.6. The van der Waals surface area contributed by atoms with Crippen molar-refractivity contribution >= 4 is 33.9 Å². The van der Waals surface area contributed by atoms with Crippen LogP contribution in [0.5, 0.6) is 0 Å². The number of fused-ring (bicyclic) bond motifs is 2. The predicted octanol–water partition coefficient (Wildman–Crippen LogP) is 5.63. The lowest BCUT2D eigenvalue weighted by atomic mass is 9.94. The maximum atomic E-state index is 12.5. The number of nitrogens with one attached hydrogen (secondary N) is 1. The molecule has 5 aromatic rings. The molecule has 2 heterocycles. The number of nitrogens with zero attached hydrogens (tertiary/aromatic N) is 4. The second-order valence-corrected chi connectivity index (χ2v) is 9.70. The fraction of sp³-hybridized carbons (Fsp3) is 0.233. The Morgan fingerprint density at radius 2 is 1.68 bits per heavy atom. The molecule has 6 rings (SSSR count). The minimum absolute atomic E-state index is 0.317. The Kier molecular flexibility index (Phi) is 6.29. The summed E-state index contributed by atoms with van der Waals surface area (Å²) in [5.41, 5.74) is 6.45. The fourth-order valence-corrected chi connectivity index (χ4v) is 5.31. The number of carboxylic acids is 1. The van der Waals surface area contributed by atoms with Crippen molar-refractivity contribution in [3.8, 4) is 22.6 Å². The van der Waals surface area contributed by atoms with Gasteiger partial charge in [0.1, 0.15) is 12.4 Å². The maximum absolute atomic E-state index is 12.5. The Balaban J connectivity index is 1.42. The first kappa shape index (κ1) is 23.8. The lowest BCUT2D eigenvalue weighted by Crippen LogP contribution is -2.29. The van der Waals surface area contributed by atoms with E-state index >= 15 is 0 Å². The van der Waals surface area contributed by atoms with Crippen molar-refractivity contribution in [2.45, 2.75) is 38.1 Å². The van der Waals surface area contributed by atoms with Crippen LogP contribution in [-0.2, 0) is 4.79 Å². The first-order valence-corrected chi connectivity index (χ1v) is 12.9. The van der Waals surface area contributed by atoms with Gasteiger partial charge < -0.3 is 15.0 Å². The number of amides is 1. The summed E-state index contributed by atoms with van der Waals surface area (Å²) in [6, 6.07) is 21.8. The third kappa shape index (κ3) is 4.61. The van der Waals surface area contributed by atoms with Crippen LogP contribution < -0.4 is 5.32 Å². The van der Waals surface area contributed by atoms with Crippen LogP contribution in [0.25, 0.3) is 44.7 Å². The molecule has 0 spiro atoms. The van der Waals surface area contributed by atoms with Gasteiger partial charge in [0.2, 0.25) is 0 Å². The Labute approximate surface area is 219 Å². The number of hydrogen-bond acceptors (Lipinski definition) is 5. The zero-order valence-corrected chi connectivity index (χ0v) is 20.8.